The van der Waals surface area contributed by atoms with Crippen molar-refractivity contribution in [3.05, 3.63) is 115 Å². The Bertz CT molecular complexity index is 1100. The molecule has 4 aromatic rings. The van der Waals surface area contributed by atoms with Gasteiger partial charge in [-0.15, -0.1) is 0 Å². The van der Waals surface area contributed by atoms with E-state index in [1.807, 2.05) is 32.9 Å². The molecule has 0 radical (unpaired) electrons. The second-order valence-electron chi connectivity index (χ2n) is 8.85. The van der Waals surface area contributed by atoms with Crippen LogP contribution in [0.5, 0.6) is 0 Å². The van der Waals surface area contributed by atoms with Crippen LogP contribution >= 0.6 is 7.26 Å². The molecule has 0 aliphatic rings. The third kappa shape index (κ3) is 5.68. The average Bonchev–Trinajstić information content (AvgIpc) is 2.82. The molecule has 3 nitrogen and oxygen atoms in total. The maximum absolute atomic E-state index is 12.2. The summed E-state index contributed by atoms with van der Waals surface area (Å²) in [5, 5.41) is 7.93. The quantitative estimate of drug-likeness (QED) is 0.291. The van der Waals surface area contributed by atoms with Crippen molar-refractivity contribution in [1.29, 1.82) is 0 Å². The van der Waals surface area contributed by atoms with Gasteiger partial charge < -0.3 is 28.7 Å². The molecule has 0 fully saturated rings. The Labute approximate surface area is 219 Å². The molecule has 4 rings (SSSR count). The van der Waals surface area contributed by atoms with Gasteiger partial charge in [0.05, 0.1) is 0 Å². The van der Waals surface area contributed by atoms with E-state index in [9.17, 15) is 4.79 Å². The Kier molecular flexibility index (Phi) is 8.51. The third-order valence-electron chi connectivity index (χ3n) is 5.33. The zero-order chi connectivity index (χ0) is 23.3. The van der Waals surface area contributed by atoms with Gasteiger partial charge in [0.15, 0.2) is 0 Å². The largest absolute Gasteiger partial charge is 1.00 e. The molecule has 0 saturated carbocycles. The van der Waals surface area contributed by atoms with E-state index in [2.05, 4.69) is 108 Å². The maximum Gasteiger partial charge on any atom is 0.412 e. The molecule has 5 heteroatoms. The first kappa shape index (κ1) is 25.9. The molecule has 1 N–H and O–H groups in total. The van der Waals surface area contributed by atoms with Gasteiger partial charge in [0.1, 0.15) is 34.1 Å². The van der Waals surface area contributed by atoms with Crippen LogP contribution < -0.4 is 50.5 Å². The molecular formula is C29H29INO2P. The first-order valence-electron chi connectivity index (χ1n) is 11.1. The van der Waals surface area contributed by atoms with Gasteiger partial charge in [0.2, 0.25) is 0 Å². The number of carbonyl (C=O) groups is 1. The highest BCUT2D eigenvalue weighted by atomic mass is 127. The van der Waals surface area contributed by atoms with Crippen LogP contribution in [0.1, 0.15) is 20.8 Å². The van der Waals surface area contributed by atoms with Crippen molar-refractivity contribution in [2.75, 3.05) is 5.32 Å². The average molecular weight is 581 g/mol. The Morgan fingerprint density at radius 2 is 0.971 bits per heavy atom. The smallest absolute Gasteiger partial charge is 0.412 e. The number of nitrogens with one attached hydrogen (secondary N) is 1. The van der Waals surface area contributed by atoms with Gasteiger partial charge in [0, 0.05) is 5.69 Å². The summed E-state index contributed by atoms with van der Waals surface area (Å²) in [7, 11) is -2.14. The van der Waals surface area contributed by atoms with E-state index in [1.54, 1.807) is 0 Å². The minimum Gasteiger partial charge on any atom is -1.00 e. The lowest BCUT2D eigenvalue weighted by Gasteiger charge is -2.27. The molecule has 34 heavy (non-hydrogen) atoms. The number of ether oxygens (including phenoxy) is 1. The van der Waals surface area contributed by atoms with Crippen LogP contribution in [-0.2, 0) is 4.74 Å². The Morgan fingerprint density at radius 1 is 0.618 bits per heavy atom. The summed E-state index contributed by atoms with van der Waals surface area (Å²) in [6.07, 6.45) is -0.453. The van der Waals surface area contributed by atoms with Crippen molar-refractivity contribution in [3.63, 3.8) is 0 Å². The van der Waals surface area contributed by atoms with Crippen molar-refractivity contribution < 1.29 is 33.5 Å². The van der Waals surface area contributed by atoms with Gasteiger partial charge in [-0.25, -0.2) is 4.79 Å². The number of hydrogen-bond acceptors (Lipinski definition) is 2. The lowest BCUT2D eigenvalue weighted by Crippen LogP contribution is -3.00. The van der Waals surface area contributed by atoms with Crippen LogP contribution in [0.4, 0.5) is 10.5 Å². The van der Waals surface area contributed by atoms with E-state index in [-0.39, 0.29) is 24.0 Å². The van der Waals surface area contributed by atoms with E-state index >= 15 is 0 Å². The fraction of sp³-hybridized carbons (Fsp3) is 0.138. The van der Waals surface area contributed by atoms with Gasteiger partial charge in [-0.2, -0.15) is 0 Å². The lowest BCUT2D eigenvalue weighted by atomic mass is 10.2. The Hall–Kier alpha value is -2.69. The second-order valence-corrected chi connectivity index (χ2v) is 12.3. The minimum atomic E-state index is -2.14. The number of amides is 1. The number of benzene rings is 4. The first-order valence-corrected chi connectivity index (χ1v) is 12.8. The van der Waals surface area contributed by atoms with E-state index in [1.165, 1.54) is 21.2 Å². The molecule has 0 heterocycles. The predicted octanol–water partition coefficient (Wildman–Crippen LogP) is 2.66. The summed E-state index contributed by atoms with van der Waals surface area (Å²) >= 11 is 0. The van der Waals surface area contributed by atoms with E-state index < -0.39 is 19.0 Å². The summed E-state index contributed by atoms with van der Waals surface area (Å²) in [5.41, 5.74) is 0.166. The van der Waals surface area contributed by atoms with Gasteiger partial charge in [-0.3, -0.25) is 5.32 Å². The van der Waals surface area contributed by atoms with Gasteiger partial charge in [-0.05, 0) is 81.4 Å². The number of hydrogen-bond donors (Lipinski definition) is 1. The topological polar surface area (TPSA) is 38.3 Å². The highest BCUT2D eigenvalue weighted by molar-refractivity contribution is 8.01. The zero-order valence-corrected chi connectivity index (χ0v) is 22.7. The van der Waals surface area contributed by atoms with Gasteiger partial charge >= 0.3 is 6.09 Å². The normalized spacial score (nSPS) is 11.3. The number of anilines is 1. The molecule has 1 amide bonds. The molecule has 0 aliphatic carbocycles. The molecule has 0 unspecified atom stereocenters. The van der Waals surface area contributed by atoms with E-state index in [0.717, 1.165) is 0 Å². The van der Waals surface area contributed by atoms with Crippen LogP contribution in [0.2, 0.25) is 0 Å². The van der Waals surface area contributed by atoms with Crippen molar-refractivity contribution in [2.45, 2.75) is 26.4 Å². The van der Waals surface area contributed by atoms with Crippen molar-refractivity contribution in [3.8, 4) is 0 Å². The number of carbonyl (C=O) groups excluding carboxylic acids is 1. The van der Waals surface area contributed by atoms with Crippen LogP contribution in [0.3, 0.4) is 0 Å². The molecule has 174 valence electrons. The molecule has 0 aromatic heterocycles. The highest BCUT2D eigenvalue weighted by Crippen LogP contribution is 2.54. The monoisotopic (exact) mass is 581 g/mol. The summed E-state index contributed by atoms with van der Waals surface area (Å²) < 4.78 is 5.40. The number of rotatable bonds is 5. The molecule has 4 aromatic carbocycles. The first-order chi connectivity index (χ1) is 15.9. The fourth-order valence-corrected chi connectivity index (χ4v) is 8.28. The maximum atomic E-state index is 12.2. The standard InChI is InChI=1S/C29H28NO2P.HI/c1-29(2,3)32-28(31)30-23-19-21-27(22-20-23)33(24-13-7-4-8-14-24,25-15-9-5-10-16-25)26-17-11-6-12-18-26;/h4-22H,1-3H3;1H. The highest BCUT2D eigenvalue weighted by Gasteiger charge is 2.47. The van der Waals surface area contributed by atoms with Gasteiger partial charge in [0.25, 0.3) is 0 Å². The van der Waals surface area contributed by atoms with Crippen molar-refractivity contribution in [2.24, 2.45) is 0 Å². The summed E-state index contributed by atoms with van der Waals surface area (Å²) in [6, 6.07) is 40.3. The molecule has 0 saturated heterocycles. The van der Waals surface area contributed by atoms with Gasteiger partial charge in [-0.1, -0.05) is 54.6 Å². The van der Waals surface area contributed by atoms with Crippen LogP contribution in [-0.4, -0.2) is 11.7 Å². The van der Waals surface area contributed by atoms with E-state index in [0.29, 0.717) is 5.69 Å². The summed E-state index contributed by atoms with van der Waals surface area (Å²) in [5.74, 6) is 0. The van der Waals surface area contributed by atoms with Crippen LogP contribution in [0.15, 0.2) is 115 Å². The zero-order valence-electron chi connectivity index (χ0n) is 19.6. The molecule has 0 spiro atoms. The lowest BCUT2D eigenvalue weighted by molar-refractivity contribution is -0.0000244. The molecular weight excluding hydrogens is 552 g/mol. The van der Waals surface area contributed by atoms with Crippen molar-refractivity contribution in [1.82, 2.24) is 0 Å². The molecule has 0 aliphatic heterocycles. The predicted molar refractivity (Wildman–Crippen MR) is 141 cm³/mol. The number of halogens is 1. The summed E-state index contributed by atoms with van der Waals surface area (Å²) in [6.45, 7) is 5.57. The Balaban J connectivity index is 0.00000324. The third-order valence-corrected chi connectivity index (χ3v) is 9.62. The summed E-state index contributed by atoms with van der Waals surface area (Å²) in [4.78, 5) is 12.2. The fourth-order valence-electron chi connectivity index (χ4n) is 4.04. The molecule has 0 bridgehead atoms. The minimum absolute atomic E-state index is 0. The van der Waals surface area contributed by atoms with Crippen LogP contribution in [0, 0.1) is 0 Å². The molecule has 0 atom stereocenters. The van der Waals surface area contributed by atoms with Crippen molar-refractivity contribution >= 4 is 40.3 Å². The SMILES string of the molecule is CC(C)(C)OC(=O)Nc1ccc([P+](c2ccccc2)(c2ccccc2)c2ccccc2)cc1.[I-]. The van der Waals surface area contributed by atoms with Crippen LogP contribution in [0.25, 0.3) is 0 Å². The Morgan fingerprint density at radius 3 is 1.32 bits per heavy atom. The van der Waals surface area contributed by atoms with E-state index in [4.69, 9.17) is 4.74 Å². The second kappa shape index (κ2) is 11.2.